The molecule has 0 radical (unpaired) electrons. The lowest BCUT2D eigenvalue weighted by Crippen LogP contribution is -2.22. The van der Waals surface area contributed by atoms with Gasteiger partial charge in [0.2, 0.25) is 0 Å². The summed E-state index contributed by atoms with van der Waals surface area (Å²) in [6.07, 6.45) is 0.987. The molecule has 0 spiro atoms. The fourth-order valence-electron chi connectivity index (χ4n) is 1.12. The summed E-state index contributed by atoms with van der Waals surface area (Å²) in [6, 6.07) is 7.56. The Labute approximate surface area is 90.2 Å². The van der Waals surface area contributed by atoms with E-state index in [1.54, 1.807) is 7.11 Å². The van der Waals surface area contributed by atoms with Crippen molar-refractivity contribution in [3.05, 3.63) is 24.3 Å². The predicted molar refractivity (Wildman–Crippen MR) is 63.4 cm³/mol. The molecule has 1 rings (SSSR count). The molecule has 4 nitrogen and oxygen atoms in total. The third-order valence-electron chi connectivity index (χ3n) is 1.85. The molecule has 0 heterocycles. The summed E-state index contributed by atoms with van der Waals surface area (Å²) in [5.74, 6) is 1.23. The Morgan fingerprint density at radius 3 is 3.00 bits per heavy atom. The van der Waals surface area contributed by atoms with Crippen LogP contribution in [0, 0.1) is 0 Å². The van der Waals surface area contributed by atoms with E-state index < -0.39 is 0 Å². The van der Waals surface area contributed by atoms with Crippen LogP contribution in [0.2, 0.25) is 0 Å². The summed E-state index contributed by atoms with van der Waals surface area (Å²) in [5, 5.41) is 3.00. The minimum Gasteiger partial charge on any atom is -0.497 e. The largest absolute Gasteiger partial charge is 0.497 e. The molecule has 0 bridgehead atoms. The molecule has 3 N–H and O–H groups in total. The predicted octanol–water partition coefficient (Wildman–Crippen LogP) is 1.83. The number of benzene rings is 1. The first-order valence-electron chi connectivity index (χ1n) is 4.97. The van der Waals surface area contributed by atoms with Crippen LogP contribution in [-0.4, -0.2) is 19.6 Å². The summed E-state index contributed by atoms with van der Waals surface area (Å²) in [6.45, 7) is 2.80. The Balaban J connectivity index is 2.63. The number of nitrogens with one attached hydrogen (secondary N) is 1. The summed E-state index contributed by atoms with van der Waals surface area (Å²) < 4.78 is 5.10. The van der Waals surface area contributed by atoms with Gasteiger partial charge in [0, 0.05) is 18.3 Å². The lowest BCUT2D eigenvalue weighted by Gasteiger charge is -2.06. The summed E-state index contributed by atoms with van der Waals surface area (Å²) in [7, 11) is 1.63. The smallest absolute Gasteiger partial charge is 0.193 e. The molecule has 1 aromatic carbocycles. The standard InChI is InChI=1S/C11H17N3O/c1-3-7-13-11(12)14-9-5-4-6-10(8-9)15-2/h4-6,8H,3,7H2,1-2H3,(H3,12,13,14). The van der Waals surface area contributed by atoms with Gasteiger partial charge in [-0.3, -0.25) is 4.99 Å². The van der Waals surface area contributed by atoms with E-state index in [4.69, 9.17) is 10.5 Å². The van der Waals surface area contributed by atoms with Crippen molar-refractivity contribution in [2.45, 2.75) is 13.3 Å². The van der Waals surface area contributed by atoms with Crippen LogP contribution < -0.4 is 15.8 Å². The molecule has 0 aliphatic rings. The lowest BCUT2D eigenvalue weighted by molar-refractivity contribution is 0.415. The van der Waals surface area contributed by atoms with Crippen molar-refractivity contribution in [1.29, 1.82) is 0 Å². The first kappa shape index (κ1) is 11.4. The first-order chi connectivity index (χ1) is 7.26. The van der Waals surface area contributed by atoms with Crippen LogP contribution in [-0.2, 0) is 0 Å². The number of methoxy groups -OCH3 is 1. The van der Waals surface area contributed by atoms with Crippen molar-refractivity contribution in [2.75, 3.05) is 19.0 Å². The first-order valence-corrected chi connectivity index (χ1v) is 4.97. The molecule has 0 aliphatic carbocycles. The van der Waals surface area contributed by atoms with Gasteiger partial charge in [0.15, 0.2) is 5.96 Å². The Bertz CT molecular complexity index is 336. The molecule has 82 valence electrons. The molecular weight excluding hydrogens is 190 g/mol. The highest BCUT2D eigenvalue weighted by atomic mass is 16.5. The average molecular weight is 207 g/mol. The van der Waals surface area contributed by atoms with Gasteiger partial charge < -0.3 is 15.8 Å². The summed E-state index contributed by atoms with van der Waals surface area (Å²) in [4.78, 5) is 4.14. The van der Waals surface area contributed by atoms with Gasteiger partial charge >= 0.3 is 0 Å². The second-order valence-corrected chi connectivity index (χ2v) is 3.12. The molecule has 1 aromatic rings. The van der Waals surface area contributed by atoms with Gasteiger partial charge in [-0.05, 0) is 18.6 Å². The Morgan fingerprint density at radius 1 is 1.53 bits per heavy atom. The Kier molecular flexibility index (Phi) is 4.47. The number of anilines is 1. The molecule has 0 amide bonds. The lowest BCUT2D eigenvalue weighted by atomic mass is 10.3. The maximum Gasteiger partial charge on any atom is 0.193 e. The van der Waals surface area contributed by atoms with Gasteiger partial charge in [0.25, 0.3) is 0 Å². The number of nitrogens with two attached hydrogens (primary N) is 1. The highest BCUT2D eigenvalue weighted by molar-refractivity contribution is 5.92. The zero-order valence-corrected chi connectivity index (χ0v) is 9.16. The normalized spacial score (nSPS) is 11.2. The van der Waals surface area contributed by atoms with Crippen LogP contribution in [0.3, 0.4) is 0 Å². The van der Waals surface area contributed by atoms with E-state index in [-0.39, 0.29) is 0 Å². The monoisotopic (exact) mass is 207 g/mol. The number of rotatable bonds is 4. The van der Waals surface area contributed by atoms with Gasteiger partial charge in [0.05, 0.1) is 7.11 Å². The number of ether oxygens (including phenoxy) is 1. The van der Waals surface area contributed by atoms with Crippen LogP contribution in [0.25, 0.3) is 0 Å². The molecule has 4 heteroatoms. The van der Waals surface area contributed by atoms with Crippen molar-refractivity contribution in [1.82, 2.24) is 0 Å². The Hall–Kier alpha value is -1.71. The third-order valence-corrected chi connectivity index (χ3v) is 1.85. The van der Waals surface area contributed by atoms with E-state index in [1.807, 2.05) is 24.3 Å². The fourth-order valence-corrected chi connectivity index (χ4v) is 1.12. The molecular formula is C11H17N3O. The molecule has 0 aliphatic heterocycles. The zero-order chi connectivity index (χ0) is 11.1. The van der Waals surface area contributed by atoms with Crippen LogP contribution in [0.4, 0.5) is 5.69 Å². The highest BCUT2D eigenvalue weighted by Gasteiger charge is 1.96. The van der Waals surface area contributed by atoms with E-state index >= 15 is 0 Å². The van der Waals surface area contributed by atoms with E-state index in [9.17, 15) is 0 Å². The molecule has 0 fully saturated rings. The van der Waals surface area contributed by atoms with E-state index in [2.05, 4.69) is 17.2 Å². The SMILES string of the molecule is CCCN=C(N)Nc1cccc(OC)c1. The summed E-state index contributed by atoms with van der Waals surface area (Å²) in [5.41, 5.74) is 6.56. The minimum absolute atomic E-state index is 0.435. The van der Waals surface area contributed by atoms with E-state index in [1.165, 1.54) is 0 Å². The van der Waals surface area contributed by atoms with Crippen LogP contribution >= 0.6 is 0 Å². The quantitative estimate of drug-likeness (QED) is 0.585. The number of aliphatic imine (C=N–C) groups is 1. The van der Waals surface area contributed by atoms with Crippen molar-refractivity contribution >= 4 is 11.6 Å². The number of hydrogen-bond acceptors (Lipinski definition) is 2. The number of hydrogen-bond donors (Lipinski definition) is 2. The van der Waals surface area contributed by atoms with Gasteiger partial charge in [-0.25, -0.2) is 0 Å². The molecule has 0 aromatic heterocycles. The van der Waals surface area contributed by atoms with Gasteiger partial charge in [-0.2, -0.15) is 0 Å². The fraction of sp³-hybridized carbons (Fsp3) is 0.364. The van der Waals surface area contributed by atoms with Gasteiger partial charge in [-0.15, -0.1) is 0 Å². The Morgan fingerprint density at radius 2 is 2.33 bits per heavy atom. The van der Waals surface area contributed by atoms with Crippen molar-refractivity contribution in [3.63, 3.8) is 0 Å². The molecule has 0 unspecified atom stereocenters. The second kappa shape index (κ2) is 5.90. The van der Waals surface area contributed by atoms with E-state index in [0.717, 1.165) is 24.4 Å². The summed E-state index contributed by atoms with van der Waals surface area (Å²) >= 11 is 0. The second-order valence-electron chi connectivity index (χ2n) is 3.12. The van der Waals surface area contributed by atoms with Gasteiger partial charge in [0.1, 0.15) is 5.75 Å². The van der Waals surface area contributed by atoms with Crippen LogP contribution in [0.15, 0.2) is 29.3 Å². The van der Waals surface area contributed by atoms with Crippen LogP contribution in [0.1, 0.15) is 13.3 Å². The average Bonchev–Trinajstić information content (AvgIpc) is 2.26. The minimum atomic E-state index is 0.435. The maximum absolute atomic E-state index is 5.68. The molecule has 0 atom stereocenters. The van der Waals surface area contributed by atoms with Crippen molar-refractivity contribution in [2.24, 2.45) is 10.7 Å². The molecule has 0 saturated heterocycles. The molecule has 0 saturated carbocycles. The zero-order valence-electron chi connectivity index (χ0n) is 9.16. The van der Waals surface area contributed by atoms with Gasteiger partial charge in [-0.1, -0.05) is 13.0 Å². The maximum atomic E-state index is 5.68. The topological polar surface area (TPSA) is 59.6 Å². The number of guanidine groups is 1. The number of nitrogens with zero attached hydrogens (tertiary/aromatic N) is 1. The van der Waals surface area contributed by atoms with Crippen LogP contribution in [0.5, 0.6) is 5.75 Å². The third kappa shape index (κ3) is 3.89. The molecule has 15 heavy (non-hydrogen) atoms. The van der Waals surface area contributed by atoms with Crippen molar-refractivity contribution in [3.8, 4) is 5.75 Å². The highest BCUT2D eigenvalue weighted by Crippen LogP contribution is 2.16. The van der Waals surface area contributed by atoms with Crippen molar-refractivity contribution < 1.29 is 4.74 Å². The van der Waals surface area contributed by atoms with E-state index in [0.29, 0.717) is 5.96 Å².